The molecule has 0 radical (unpaired) electrons. The summed E-state index contributed by atoms with van der Waals surface area (Å²) >= 11 is 1.42. The fraction of sp³-hybridized carbons (Fsp3) is 0.875. The minimum atomic E-state index is -1.06. The summed E-state index contributed by atoms with van der Waals surface area (Å²) in [4.78, 5) is 4.17. The number of thioether (sulfide) groups is 1. The minimum absolute atomic E-state index is 0.273. The maximum absolute atomic E-state index is 9.71. The first kappa shape index (κ1) is 10.4. The monoisotopic (exact) mass is 219 g/mol. The molecule has 80 valence electrons. The Morgan fingerprint density at radius 3 is 2.79 bits per heavy atom. The second kappa shape index (κ2) is 3.79. The summed E-state index contributed by atoms with van der Waals surface area (Å²) in [7, 11) is 0. The zero-order valence-corrected chi connectivity index (χ0v) is 8.52. The Hall–Kier alpha value is -0.140. The van der Waals surface area contributed by atoms with E-state index in [1.54, 1.807) is 0 Å². The molecule has 1 fully saturated rings. The smallest absolute Gasteiger partial charge is 0.134 e. The Bertz CT molecular complexity index is 260. The summed E-state index contributed by atoms with van der Waals surface area (Å²) in [6.45, 7) is 1.54. The lowest BCUT2D eigenvalue weighted by molar-refractivity contribution is -0.164. The van der Waals surface area contributed by atoms with Gasteiger partial charge in [0.05, 0.1) is 11.7 Å². The first-order valence-corrected chi connectivity index (χ1v) is 5.35. The van der Waals surface area contributed by atoms with Crippen molar-refractivity contribution >= 4 is 16.8 Å². The Kier molecular flexibility index (Phi) is 2.81. The average Bonchev–Trinajstić information content (AvgIpc) is 2.52. The van der Waals surface area contributed by atoms with Gasteiger partial charge in [0, 0.05) is 0 Å². The second-order valence-electron chi connectivity index (χ2n) is 3.46. The van der Waals surface area contributed by atoms with E-state index in [2.05, 4.69) is 4.99 Å². The SMILES string of the molecule is CC1=N[C@@H]2C(O[C@H](CO)[C@@H](O)[C@@H]2O)S1. The molecular weight excluding hydrogens is 206 g/mol. The summed E-state index contributed by atoms with van der Waals surface area (Å²) < 4.78 is 5.40. The third kappa shape index (κ3) is 1.57. The number of aliphatic hydroxyl groups excluding tert-OH is 3. The third-order valence-corrected chi connectivity index (χ3v) is 3.53. The molecule has 6 heteroatoms. The van der Waals surface area contributed by atoms with E-state index in [4.69, 9.17) is 9.84 Å². The largest absolute Gasteiger partial charge is 0.394 e. The number of rotatable bonds is 1. The standard InChI is InChI=1S/C8H13NO4S/c1-3-9-5-7(12)6(11)4(2-10)13-8(5)14-3/h4-8,10-12H,2H2,1H3/t4-,5+,6-,7-,8?/m1/s1. The summed E-state index contributed by atoms with van der Waals surface area (Å²) in [5, 5.41) is 29.0. The highest BCUT2D eigenvalue weighted by Gasteiger charge is 2.47. The first-order valence-electron chi connectivity index (χ1n) is 4.47. The van der Waals surface area contributed by atoms with Crippen molar-refractivity contribution in [1.82, 2.24) is 0 Å². The molecule has 2 aliphatic heterocycles. The van der Waals surface area contributed by atoms with Crippen molar-refractivity contribution in [3.05, 3.63) is 0 Å². The number of aliphatic imine (C=N–C) groups is 1. The van der Waals surface area contributed by atoms with Crippen LogP contribution in [-0.4, -0.2) is 56.8 Å². The molecule has 5 nitrogen and oxygen atoms in total. The van der Waals surface area contributed by atoms with Gasteiger partial charge in [0.25, 0.3) is 0 Å². The lowest BCUT2D eigenvalue weighted by Crippen LogP contribution is -2.55. The summed E-state index contributed by atoms with van der Waals surface area (Å²) in [5.74, 6) is 0. The number of hydrogen-bond acceptors (Lipinski definition) is 6. The Morgan fingerprint density at radius 1 is 1.43 bits per heavy atom. The van der Waals surface area contributed by atoms with Crippen LogP contribution in [-0.2, 0) is 4.74 Å². The van der Waals surface area contributed by atoms with Crippen LogP contribution in [0.3, 0.4) is 0 Å². The zero-order chi connectivity index (χ0) is 10.3. The molecule has 0 aromatic carbocycles. The highest BCUT2D eigenvalue weighted by Crippen LogP contribution is 2.36. The lowest BCUT2D eigenvalue weighted by Gasteiger charge is -2.37. The van der Waals surface area contributed by atoms with Crippen LogP contribution < -0.4 is 0 Å². The molecule has 1 saturated heterocycles. The molecule has 0 aromatic rings. The van der Waals surface area contributed by atoms with Gasteiger partial charge in [-0.15, -0.1) is 0 Å². The van der Waals surface area contributed by atoms with E-state index in [-0.39, 0.29) is 12.0 Å². The van der Waals surface area contributed by atoms with Crippen LogP contribution in [0.15, 0.2) is 4.99 Å². The topological polar surface area (TPSA) is 82.3 Å². The van der Waals surface area contributed by atoms with Gasteiger partial charge in [-0.05, 0) is 6.92 Å². The van der Waals surface area contributed by atoms with Crippen LogP contribution in [0, 0.1) is 0 Å². The van der Waals surface area contributed by atoms with E-state index in [0.29, 0.717) is 0 Å². The number of fused-ring (bicyclic) bond motifs is 1. The lowest BCUT2D eigenvalue weighted by atomic mass is 9.99. The number of nitrogens with zero attached hydrogens (tertiary/aromatic N) is 1. The van der Waals surface area contributed by atoms with Gasteiger partial charge < -0.3 is 20.1 Å². The van der Waals surface area contributed by atoms with E-state index >= 15 is 0 Å². The van der Waals surface area contributed by atoms with Gasteiger partial charge in [0.1, 0.15) is 29.8 Å². The van der Waals surface area contributed by atoms with Crippen LogP contribution in [0.5, 0.6) is 0 Å². The van der Waals surface area contributed by atoms with Gasteiger partial charge in [0.15, 0.2) is 0 Å². The number of ether oxygens (including phenoxy) is 1. The number of hydrogen-bond donors (Lipinski definition) is 3. The molecule has 2 heterocycles. The maximum atomic E-state index is 9.71. The molecule has 0 aliphatic carbocycles. The van der Waals surface area contributed by atoms with Crippen LogP contribution in [0.1, 0.15) is 6.92 Å². The molecule has 2 rings (SSSR count). The summed E-state index contributed by atoms with van der Waals surface area (Å²) in [6, 6.07) is -0.405. The van der Waals surface area contributed by atoms with Crippen LogP contribution >= 0.6 is 11.8 Å². The predicted molar refractivity (Wildman–Crippen MR) is 52.2 cm³/mol. The highest BCUT2D eigenvalue weighted by atomic mass is 32.2. The first-order chi connectivity index (χ1) is 6.63. The van der Waals surface area contributed by atoms with Crippen molar-refractivity contribution in [2.75, 3.05) is 6.61 Å². The van der Waals surface area contributed by atoms with Gasteiger partial charge in [-0.25, -0.2) is 0 Å². The quantitative estimate of drug-likeness (QED) is 0.525. The second-order valence-corrected chi connectivity index (χ2v) is 4.75. The van der Waals surface area contributed by atoms with Gasteiger partial charge in [-0.3, -0.25) is 4.99 Å². The molecule has 0 saturated carbocycles. The van der Waals surface area contributed by atoms with E-state index in [0.717, 1.165) is 5.04 Å². The van der Waals surface area contributed by atoms with Crippen molar-refractivity contribution < 1.29 is 20.1 Å². The Balaban J connectivity index is 2.14. The van der Waals surface area contributed by atoms with E-state index in [1.807, 2.05) is 6.92 Å². The molecule has 0 amide bonds. The molecule has 1 unspecified atom stereocenters. The molecule has 3 N–H and O–H groups in total. The maximum Gasteiger partial charge on any atom is 0.134 e. The van der Waals surface area contributed by atoms with Crippen molar-refractivity contribution in [3.63, 3.8) is 0 Å². The van der Waals surface area contributed by atoms with Crippen molar-refractivity contribution in [3.8, 4) is 0 Å². The average molecular weight is 219 g/mol. The predicted octanol–water partition coefficient (Wildman–Crippen LogP) is -1.04. The fourth-order valence-corrected chi connectivity index (χ4v) is 2.79. The van der Waals surface area contributed by atoms with Crippen molar-refractivity contribution in [2.45, 2.75) is 36.7 Å². The normalized spacial score (nSPS) is 47.4. The highest BCUT2D eigenvalue weighted by molar-refractivity contribution is 8.14. The van der Waals surface area contributed by atoms with Crippen molar-refractivity contribution in [2.24, 2.45) is 4.99 Å². The Morgan fingerprint density at radius 2 is 2.14 bits per heavy atom. The van der Waals surface area contributed by atoms with E-state index < -0.39 is 24.4 Å². The molecule has 0 spiro atoms. The minimum Gasteiger partial charge on any atom is -0.394 e. The molecular formula is C8H13NO4S. The van der Waals surface area contributed by atoms with Crippen LogP contribution in [0.4, 0.5) is 0 Å². The summed E-state index contributed by atoms with van der Waals surface area (Å²) in [5.41, 5.74) is -0.273. The molecule has 14 heavy (non-hydrogen) atoms. The molecule has 0 aromatic heterocycles. The van der Waals surface area contributed by atoms with Gasteiger partial charge in [-0.1, -0.05) is 11.8 Å². The Labute approximate surface area is 85.8 Å². The van der Waals surface area contributed by atoms with Gasteiger partial charge in [0.2, 0.25) is 0 Å². The third-order valence-electron chi connectivity index (χ3n) is 2.47. The fourth-order valence-electron chi connectivity index (χ4n) is 1.71. The van der Waals surface area contributed by atoms with Gasteiger partial charge in [-0.2, -0.15) is 0 Å². The zero-order valence-electron chi connectivity index (χ0n) is 7.70. The molecule has 2 aliphatic rings. The number of aliphatic hydroxyl groups is 3. The van der Waals surface area contributed by atoms with E-state index in [9.17, 15) is 10.2 Å². The van der Waals surface area contributed by atoms with E-state index in [1.165, 1.54) is 11.8 Å². The van der Waals surface area contributed by atoms with Gasteiger partial charge >= 0.3 is 0 Å². The summed E-state index contributed by atoms with van der Waals surface area (Å²) in [6.07, 6.45) is -2.72. The van der Waals surface area contributed by atoms with Crippen LogP contribution in [0.25, 0.3) is 0 Å². The molecule has 5 atom stereocenters. The van der Waals surface area contributed by atoms with Crippen molar-refractivity contribution in [1.29, 1.82) is 0 Å². The van der Waals surface area contributed by atoms with Crippen LogP contribution in [0.2, 0.25) is 0 Å². The molecule has 0 bridgehead atoms.